The molecule has 0 spiro atoms. The SMILES string of the molecule is O=C(C=Cc1c(F)cc(F)cc1F)NC(=S)NNC(=O)Cc1cccs1. The van der Waals surface area contributed by atoms with Crippen molar-refractivity contribution in [2.24, 2.45) is 0 Å². The second-order valence-electron chi connectivity index (χ2n) is 4.86. The van der Waals surface area contributed by atoms with Gasteiger partial charge in [0.15, 0.2) is 5.11 Å². The van der Waals surface area contributed by atoms with Crippen molar-refractivity contribution in [1.29, 1.82) is 0 Å². The van der Waals surface area contributed by atoms with Crippen molar-refractivity contribution >= 4 is 46.6 Å². The Hall–Kier alpha value is -2.72. The summed E-state index contributed by atoms with van der Waals surface area (Å²) in [6.45, 7) is 0. The lowest BCUT2D eigenvalue weighted by Gasteiger charge is -2.09. The number of amides is 2. The fraction of sp³-hybridized carbons (Fsp3) is 0.0625. The lowest BCUT2D eigenvalue weighted by molar-refractivity contribution is -0.121. The molecule has 0 aliphatic carbocycles. The van der Waals surface area contributed by atoms with E-state index in [4.69, 9.17) is 12.2 Å². The van der Waals surface area contributed by atoms with E-state index in [1.54, 1.807) is 6.07 Å². The van der Waals surface area contributed by atoms with Crippen LogP contribution in [0.3, 0.4) is 0 Å². The van der Waals surface area contributed by atoms with Crippen LogP contribution in [-0.2, 0) is 16.0 Å². The average Bonchev–Trinajstić information content (AvgIpc) is 3.04. The van der Waals surface area contributed by atoms with Crippen molar-refractivity contribution in [3.8, 4) is 0 Å². The molecule has 0 saturated carbocycles. The second kappa shape index (κ2) is 9.11. The van der Waals surface area contributed by atoms with Crippen molar-refractivity contribution in [2.45, 2.75) is 6.42 Å². The number of carbonyl (C=O) groups excluding carboxylic acids is 2. The van der Waals surface area contributed by atoms with Crippen LogP contribution in [0.1, 0.15) is 10.4 Å². The number of thiocarbonyl (C=S) groups is 1. The largest absolute Gasteiger partial charge is 0.298 e. The second-order valence-corrected chi connectivity index (χ2v) is 6.30. The van der Waals surface area contributed by atoms with E-state index >= 15 is 0 Å². The van der Waals surface area contributed by atoms with Gasteiger partial charge in [-0.15, -0.1) is 11.3 Å². The van der Waals surface area contributed by atoms with Crippen molar-refractivity contribution < 1.29 is 22.8 Å². The minimum atomic E-state index is -1.15. The third kappa shape index (κ3) is 5.97. The Balaban J connectivity index is 1.82. The predicted molar refractivity (Wildman–Crippen MR) is 95.4 cm³/mol. The van der Waals surface area contributed by atoms with Crippen LogP contribution in [0.2, 0.25) is 0 Å². The first-order valence-corrected chi connectivity index (χ1v) is 8.38. The number of thiophene rings is 1. The van der Waals surface area contributed by atoms with Gasteiger partial charge in [0, 0.05) is 28.6 Å². The normalized spacial score (nSPS) is 10.6. The summed E-state index contributed by atoms with van der Waals surface area (Å²) in [6, 6.07) is 4.60. The minimum absolute atomic E-state index is 0.143. The van der Waals surface area contributed by atoms with E-state index in [-0.39, 0.29) is 17.4 Å². The number of halogens is 3. The molecule has 0 radical (unpaired) electrons. The molecule has 26 heavy (non-hydrogen) atoms. The van der Waals surface area contributed by atoms with Gasteiger partial charge in [-0.05, 0) is 29.7 Å². The van der Waals surface area contributed by atoms with Crippen LogP contribution >= 0.6 is 23.6 Å². The van der Waals surface area contributed by atoms with Gasteiger partial charge in [-0.2, -0.15) is 0 Å². The first kappa shape index (κ1) is 19.6. The maximum absolute atomic E-state index is 13.4. The standard InChI is InChI=1S/C16H12F3N3O2S2/c17-9-6-12(18)11(13(19)7-9)3-4-14(23)20-16(25)22-21-15(24)8-10-2-1-5-26-10/h1-7H,8H2,(H,21,24)(H2,20,22,23,25). The first-order valence-electron chi connectivity index (χ1n) is 7.10. The molecule has 2 rings (SSSR count). The number of rotatable bonds is 4. The van der Waals surface area contributed by atoms with E-state index in [2.05, 4.69) is 16.2 Å². The Morgan fingerprint density at radius 2 is 1.85 bits per heavy atom. The summed E-state index contributed by atoms with van der Waals surface area (Å²) in [4.78, 5) is 24.2. The Morgan fingerprint density at radius 1 is 1.15 bits per heavy atom. The highest BCUT2D eigenvalue weighted by molar-refractivity contribution is 7.80. The maximum Gasteiger partial charge on any atom is 0.250 e. The lowest BCUT2D eigenvalue weighted by atomic mass is 10.2. The molecule has 0 atom stereocenters. The van der Waals surface area contributed by atoms with Crippen LogP contribution in [-0.4, -0.2) is 16.9 Å². The summed E-state index contributed by atoms with van der Waals surface area (Å²) in [5.41, 5.74) is 4.06. The van der Waals surface area contributed by atoms with Gasteiger partial charge in [0.25, 0.3) is 0 Å². The Kier molecular flexibility index (Phi) is 6.87. The molecule has 5 nitrogen and oxygen atoms in total. The van der Waals surface area contributed by atoms with Crippen LogP contribution in [0.25, 0.3) is 6.08 Å². The summed E-state index contributed by atoms with van der Waals surface area (Å²) < 4.78 is 39.7. The number of hydrogen-bond acceptors (Lipinski definition) is 4. The number of hydrazine groups is 1. The molecule has 3 N–H and O–H groups in total. The Morgan fingerprint density at radius 3 is 2.46 bits per heavy atom. The number of nitrogens with one attached hydrogen (secondary N) is 3. The van der Waals surface area contributed by atoms with Gasteiger partial charge in [0.05, 0.1) is 6.42 Å². The fourth-order valence-corrected chi connectivity index (χ4v) is 2.65. The molecule has 1 aromatic carbocycles. The molecular formula is C16H12F3N3O2S2. The summed E-state index contributed by atoms with van der Waals surface area (Å²) in [7, 11) is 0. The van der Waals surface area contributed by atoms with Gasteiger partial charge in [0.2, 0.25) is 11.8 Å². The molecule has 1 aromatic heterocycles. The molecule has 0 aliphatic heterocycles. The molecular weight excluding hydrogens is 387 g/mol. The van der Waals surface area contributed by atoms with Gasteiger partial charge in [-0.1, -0.05) is 6.07 Å². The lowest BCUT2D eigenvalue weighted by Crippen LogP contribution is -2.48. The molecule has 0 aliphatic rings. The zero-order valence-electron chi connectivity index (χ0n) is 13.0. The van der Waals surface area contributed by atoms with E-state index in [0.29, 0.717) is 12.1 Å². The first-order chi connectivity index (χ1) is 12.3. The fourth-order valence-electron chi connectivity index (χ4n) is 1.80. The van der Waals surface area contributed by atoms with Gasteiger partial charge in [-0.25, -0.2) is 13.2 Å². The molecule has 10 heteroatoms. The van der Waals surface area contributed by atoms with E-state index in [9.17, 15) is 22.8 Å². The minimum Gasteiger partial charge on any atom is -0.298 e. The maximum atomic E-state index is 13.4. The molecule has 0 bridgehead atoms. The van der Waals surface area contributed by atoms with Crippen LogP contribution in [0.4, 0.5) is 13.2 Å². The van der Waals surface area contributed by atoms with E-state index in [0.717, 1.165) is 17.0 Å². The molecule has 2 aromatic rings. The third-order valence-electron chi connectivity index (χ3n) is 2.91. The molecule has 0 saturated heterocycles. The number of benzene rings is 1. The van der Waals surface area contributed by atoms with Gasteiger partial charge in [-0.3, -0.25) is 25.8 Å². The van der Waals surface area contributed by atoms with Crippen LogP contribution in [0.5, 0.6) is 0 Å². The van der Waals surface area contributed by atoms with Crippen molar-refractivity contribution in [3.05, 3.63) is 63.6 Å². The van der Waals surface area contributed by atoms with Crippen LogP contribution < -0.4 is 16.2 Å². The summed E-state index contributed by atoms with van der Waals surface area (Å²) >= 11 is 6.23. The molecule has 1 heterocycles. The quantitative estimate of drug-likeness (QED) is 0.420. The smallest absolute Gasteiger partial charge is 0.250 e. The zero-order chi connectivity index (χ0) is 19.1. The third-order valence-corrected chi connectivity index (χ3v) is 3.99. The topological polar surface area (TPSA) is 70.2 Å². The van der Waals surface area contributed by atoms with Crippen LogP contribution in [0.15, 0.2) is 35.7 Å². The highest BCUT2D eigenvalue weighted by Crippen LogP contribution is 2.16. The molecule has 0 fully saturated rings. The molecule has 136 valence electrons. The highest BCUT2D eigenvalue weighted by atomic mass is 32.1. The van der Waals surface area contributed by atoms with E-state index in [1.165, 1.54) is 11.3 Å². The predicted octanol–water partition coefficient (Wildman–Crippen LogP) is 2.44. The van der Waals surface area contributed by atoms with Gasteiger partial charge in [0.1, 0.15) is 17.5 Å². The average molecular weight is 399 g/mol. The number of hydrogen-bond donors (Lipinski definition) is 3. The van der Waals surface area contributed by atoms with E-state index in [1.807, 2.05) is 11.4 Å². The van der Waals surface area contributed by atoms with Crippen LogP contribution in [0, 0.1) is 17.5 Å². The van der Waals surface area contributed by atoms with Gasteiger partial charge < -0.3 is 0 Å². The summed E-state index contributed by atoms with van der Waals surface area (Å²) in [6.07, 6.45) is 1.81. The van der Waals surface area contributed by atoms with Gasteiger partial charge >= 0.3 is 0 Å². The molecule has 0 unspecified atom stereocenters. The summed E-state index contributed by atoms with van der Waals surface area (Å²) in [5.74, 6) is -4.51. The Bertz CT molecular complexity index is 831. The molecule has 2 amide bonds. The van der Waals surface area contributed by atoms with Crippen molar-refractivity contribution in [2.75, 3.05) is 0 Å². The monoisotopic (exact) mass is 399 g/mol. The van der Waals surface area contributed by atoms with Crippen molar-refractivity contribution in [3.63, 3.8) is 0 Å². The highest BCUT2D eigenvalue weighted by Gasteiger charge is 2.10. The van der Waals surface area contributed by atoms with Crippen molar-refractivity contribution in [1.82, 2.24) is 16.2 Å². The van der Waals surface area contributed by atoms with E-state index < -0.39 is 28.9 Å². The summed E-state index contributed by atoms with van der Waals surface area (Å²) in [5, 5.41) is 3.80. The Labute approximate surface area is 155 Å². The zero-order valence-corrected chi connectivity index (χ0v) is 14.6. The number of carbonyl (C=O) groups is 2.